The van der Waals surface area contributed by atoms with Gasteiger partial charge in [0.05, 0.1) is 0 Å². The molecule has 0 amide bonds. The van der Waals surface area contributed by atoms with Crippen molar-refractivity contribution in [1.82, 2.24) is 0 Å². The third kappa shape index (κ3) is 2.50. The summed E-state index contributed by atoms with van der Waals surface area (Å²) in [5.41, 5.74) is 12.5. The molecule has 2 N–H and O–H groups in total. The summed E-state index contributed by atoms with van der Waals surface area (Å²) in [5, 5.41) is 4.34. The van der Waals surface area contributed by atoms with Crippen LogP contribution in [-0.2, 0) is 12.0 Å². The Bertz CT molecular complexity index is 546. The first-order chi connectivity index (χ1) is 8.43. The summed E-state index contributed by atoms with van der Waals surface area (Å²) in [6, 6.07) is 6.77. The van der Waals surface area contributed by atoms with Crippen LogP contribution < -0.4 is 5.73 Å². The fourth-order valence-corrected chi connectivity index (χ4v) is 3.02. The molecule has 2 aromatic rings. The van der Waals surface area contributed by atoms with E-state index in [1.807, 2.05) is 0 Å². The van der Waals surface area contributed by atoms with E-state index in [1.165, 1.54) is 27.8 Å². The number of benzene rings is 1. The van der Waals surface area contributed by atoms with E-state index in [4.69, 9.17) is 5.73 Å². The van der Waals surface area contributed by atoms with Crippen LogP contribution in [0.4, 0.5) is 0 Å². The topological polar surface area (TPSA) is 26.0 Å². The summed E-state index contributed by atoms with van der Waals surface area (Å²) in [5.74, 6) is 0. The lowest BCUT2D eigenvalue weighted by atomic mass is 9.84. The number of hydrogen-bond donors (Lipinski definition) is 1. The predicted molar refractivity (Wildman–Crippen MR) is 81.1 cm³/mol. The number of rotatable bonds is 2. The SMILES string of the molecule is Cc1cc(C(C)(C)C)ccc1-c1cscc1CN. The van der Waals surface area contributed by atoms with E-state index in [0.717, 1.165) is 0 Å². The van der Waals surface area contributed by atoms with Crippen molar-refractivity contribution in [2.75, 3.05) is 0 Å². The zero-order valence-corrected chi connectivity index (χ0v) is 12.4. The van der Waals surface area contributed by atoms with Crippen molar-refractivity contribution in [2.45, 2.75) is 39.7 Å². The second-order valence-electron chi connectivity index (χ2n) is 5.79. The summed E-state index contributed by atoms with van der Waals surface area (Å²) >= 11 is 1.72. The van der Waals surface area contributed by atoms with Crippen molar-refractivity contribution in [3.63, 3.8) is 0 Å². The van der Waals surface area contributed by atoms with E-state index in [0.29, 0.717) is 6.54 Å². The van der Waals surface area contributed by atoms with Crippen LogP contribution in [0.2, 0.25) is 0 Å². The molecular formula is C16H21NS. The maximum absolute atomic E-state index is 5.79. The number of aryl methyl sites for hydroxylation is 1. The predicted octanol–water partition coefficient (Wildman–Crippen LogP) is 4.48. The number of thiophene rings is 1. The molecule has 0 saturated heterocycles. The molecule has 0 unspecified atom stereocenters. The molecule has 1 aromatic carbocycles. The second-order valence-corrected chi connectivity index (χ2v) is 6.54. The Kier molecular flexibility index (Phi) is 3.60. The zero-order valence-electron chi connectivity index (χ0n) is 11.6. The molecule has 0 aliphatic rings. The lowest BCUT2D eigenvalue weighted by Gasteiger charge is -2.20. The molecule has 18 heavy (non-hydrogen) atoms. The monoisotopic (exact) mass is 259 g/mol. The van der Waals surface area contributed by atoms with Crippen LogP contribution in [0.3, 0.4) is 0 Å². The van der Waals surface area contributed by atoms with Gasteiger partial charge in [-0.3, -0.25) is 0 Å². The van der Waals surface area contributed by atoms with Crippen molar-refractivity contribution in [1.29, 1.82) is 0 Å². The van der Waals surface area contributed by atoms with E-state index >= 15 is 0 Å². The fourth-order valence-electron chi connectivity index (χ4n) is 2.15. The van der Waals surface area contributed by atoms with Crippen LogP contribution >= 0.6 is 11.3 Å². The van der Waals surface area contributed by atoms with Crippen molar-refractivity contribution in [2.24, 2.45) is 5.73 Å². The van der Waals surface area contributed by atoms with Crippen molar-refractivity contribution < 1.29 is 0 Å². The normalized spacial score (nSPS) is 11.8. The molecule has 0 bridgehead atoms. The highest BCUT2D eigenvalue weighted by Gasteiger charge is 2.15. The van der Waals surface area contributed by atoms with Crippen molar-refractivity contribution in [3.05, 3.63) is 45.6 Å². The average molecular weight is 259 g/mol. The molecule has 0 radical (unpaired) electrons. The van der Waals surface area contributed by atoms with Gasteiger partial charge in [0.1, 0.15) is 0 Å². The molecule has 0 aliphatic carbocycles. The van der Waals surface area contributed by atoms with E-state index in [-0.39, 0.29) is 5.41 Å². The largest absolute Gasteiger partial charge is 0.326 e. The summed E-state index contributed by atoms with van der Waals surface area (Å²) in [4.78, 5) is 0. The number of hydrogen-bond acceptors (Lipinski definition) is 2. The van der Waals surface area contributed by atoms with Crippen LogP contribution in [0.25, 0.3) is 11.1 Å². The summed E-state index contributed by atoms with van der Waals surface area (Å²) < 4.78 is 0. The van der Waals surface area contributed by atoms with E-state index < -0.39 is 0 Å². The third-order valence-electron chi connectivity index (χ3n) is 3.34. The molecule has 0 spiro atoms. The quantitative estimate of drug-likeness (QED) is 0.845. The lowest BCUT2D eigenvalue weighted by Crippen LogP contribution is -2.11. The molecule has 1 nitrogen and oxygen atoms in total. The minimum Gasteiger partial charge on any atom is -0.326 e. The highest BCUT2D eigenvalue weighted by Crippen LogP contribution is 2.32. The van der Waals surface area contributed by atoms with Crippen molar-refractivity contribution >= 4 is 11.3 Å². The standard InChI is InChI=1S/C16H21NS/c1-11-7-13(16(2,3)4)5-6-14(11)15-10-18-9-12(15)8-17/h5-7,9-10H,8,17H2,1-4H3. The second kappa shape index (κ2) is 4.87. The molecule has 0 aliphatic heterocycles. The Balaban J connectivity index is 2.48. The Morgan fingerprint density at radius 2 is 1.83 bits per heavy atom. The Morgan fingerprint density at radius 3 is 2.39 bits per heavy atom. The van der Waals surface area contributed by atoms with Crippen LogP contribution in [0.5, 0.6) is 0 Å². The summed E-state index contributed by atoms with van der Waals surface area (Å²) in [6.07, 6.45) is 0. The van der Waals surface area contributed by atoms with E-state index in [2.05, 4.69) is 56.7 Å². The van der Waals surface area contributed by atoms with E-state index in [1.54, 1.807) is 11.3 Å². The molecule has 0 fully saturated rings. The fraction of sp³-hybridized carbons (Fsp3) is 0.375. The van der Waals surface area contributed by atoms with Crippen LogP contribution in [0, 0.1) is 6.92 Å². The van der Waals surface area contributed by atoms with Gasteiger partial charge in [-0.2, -0.15) is 11.3 Å². The van der Waals surface area contributed by atoms with Gasteiger partial charge in [0.2, 0.25) is 0 Å². The molecule has 96 valence electrons. The van der Waals surface area contributed by atoms with Gasteiger partial charge in [-0.15, -0.1) is 0 Å². The van der Waals surface area contributed by atoms with Crippen LogP contribution in [0.1, 0.15) is 37.5 Å². The van der Waals surface area contributed by atoms with Crippen molar-refractivity contribution in [3.8, 4) is 11.1 Å². The third-order valence-corrected chi connectivity index (χ3v) is 4.14. The van der Waals surface area contributed by atoms with Gasteiger partial charge in [0.25, 0.3) is 0 Å². The first-order valence-electron chi connectivity index (χ1n) is 6.30. The molecule has 0 saturated carbocycles. The Morgan fingerprint density at radius 1 is 1.11 bits per heavy atom. The molecule has 2 rings (SSSR count). The maximum Gasteiger partial charge on any atom is 0.0192 e. The zero-order chi connectivity index (χ0) is 13.3. The van der Waals surface area contributed by atoms with Gasteiger partial charge in [-0.05, 0) is 50.9 Å². The smallest absolute Gasteiger partial charge is 0.0192 e. The van der Waals surface area contributed by atoms with Gasteiger partial charge in [0.15, 0.2) is 0 Å². The highest BCUT2D eigenvalue weighted by molar-refractivity contribution is 7.08. The van der Waals surface area contributed by atoms with Gasteiger partial charge < -0.3 is 5.73 Å². The lowest BCUT2D eigenvalue weighted by molar-refractivity contribution is 0.590. The first kappa shape index (κ1) is 13.3. The van der Waals surface area contributed by atoms with Crippen LogP contribution in [0.15, 0.2) is 29.0 Å². The average Bonchev–Trinajstić information content (AvgIpc) is 2.75. The van der Waals surface area contributed by atoms with Crippen LogP contribution in [-0.4, -0.2) is 0 Å². The van der Waals surface area contributed by atoms with E-state index in [9.17, 15) is 0 Å². The van der Waals surface area contributed by atoms with Gasteiger partial charge >= 0.3 is 0 Å². The molecular weight excluding hydrogens is 238 g/mol. The highest BCUT2D eigenvalue weighted by atomic mass is 32.1. The maximum atomic E-state index is 5.79. The summed E-state index contributed by atoms with van der Waals surface area (Å²) in [6.45, 7) is 9.54. The van der Waals surface area contributed by atoms with Gasteiger partial charge in [-0.25, -0.2) is 0 Å². The number of nitrogens with two attached hydrogens (primary N) is 1. The first-order valence-corrected chi connectivity index (χ1v) is 7.24. The Labute approximate surface area is 114 Å². The molecule has 0 atom stereocenters. The minimum atomic E-state index is 0.203. The van der Waals surface area contributed by atoms with Gasteiger partial charge in [-0.1, -0.05) is 39.0 Å². The molecule has 2 heteroatoms. The molecule has 1 aromatic heterocycles. The Hall–Kier alpha value is -1.12. The molecule has 1 heterocycles. The minimum absolute atomic E-state index is 0.203. The van der Waals surface area contributed by atoms with Gasteiger partial charge in [0, 0.05) is 6.54 Å². The summed E-state index contributed by atoms with van der Waals surface area (Å²) in [7, 11) is 0.